The first kappa shape index (κ1) is 12.2. The molecule has 0 fully saturated rings. The van der Waals surface area contributed by atoms with Crippen LogP contribution in [0, 0.1) is 13.8 Å². The topological polar surface area (TPSA) is 46.5 Å². The van der Waals surface area contributed by atoms with Gasteiger partial charge in [-0.25, -0.2) is 4.79 Å². The van der Waals surface area contributed by atoms with Crippen molar-refractivity contribution in [1.82, 2.24) is 0 Å². The summed E-state index contributed by atoms with van der Waals surface area (Å²) in [7, 11) is 1.25. The van der Waals surface area contributed by atoms with Gasteiger partial charge in [-0.15, -0.1) is 0 Å². The van der Waals surface area contributed by atoms with E-state index in [9.17, 15) is 9.90 Å². The van der Waals surface area contributed by atoms with Crippen molar-refractivity contribution in [3.8, 4) is 0 Å². The minimum Gasteiger partial charge on any atom is -0.467 e. The summed E-state index contributed by atoms with van der Waals surface area (Å²) in [6.07, 6.45) is -1.22. The lowest BCUT2D eigenvalue weighted by molar-refractivity contribution is -0.150. The number of carbonyl (C=O) groups excluding carboxylic acids is 1. The van der Waals surface area contributed by atoms with Gasteiger partial charge in [0.25, 0.3) is 0 Å². The van der Waals surface area contributed by atoms with Crippen LogP contribution in [0.5, 0.6) is 0 Å². The Bertz CT molecular complexity index is 388. The molecule has 0 aliphatic heterocycles. The van der Waals surface area contributed by atoms with Gasteiger partial charge in [0.05, 0.1) is 7.11 Å². The van der Waals surface area contributed by atoms with Crippen molar-refractivity contribution in [1.29, 1.82) is 0 Å². The number of benzene rings is 1. The van der Waals surface area contributed by atoms with E-state index in [4.69, 9.17) is 0 Å². The van der Waals surface area contributed by atoms with Gasteiger partial charge in [-0.05, 0) is 30.5 Å². The van der Waals surface area contributed by atoms with Gasteiger partial charge in [0.2, 0.25) is 0 Å². The van der Waals surface area contributed by atoms with Crippen molar-refractivity contribution in [2.75, 3.05) is 7.11 Å². The van der Waals surface area contributed by atoms with Crippen molar-refractivity contribution in [2.24, 2.45) is 0 Å². The number of ether oxygens (including phenoxy) is 1. The lowest BCUT2D eigenvalue weighted by Gasteiger charge is -2.13. The van der Waals surface area contributed by atoms with Crippen molar-refractivity contribution in [3.63, 3.8) is 0 Å². The number of hydrogen-bond donors (Lipinski definition) is 1. The fourth-order valence-electron chi connectivity index (χ4n) is 1.37. The van der Waals surface area contributed by atoms with Crippen molar-refractivity contribution < 1.29 is 14.6 Å². The molecule has 1 unspecified atom stereocenters. The number of aliphatic hydroxyl groups excluding tert-OH is 1. The van der Waals surface area contributed by atoms with Crippen LogP contribution in [0.1, 0.15) is 22.8 Å². The number of hydrogen-bond acceptors (Lipinski definition) is 3. The molecule has 1 aromatic rings. The predicted molar refractivity (Wildman–Crippen MR) is 60.6 cm³/mol. The lowest BCUT2D eigenvalue weighted by Crippen LogP contribution is -2.14. The SMILES string of the molecule is COC(=O)C(O)c1ccc(C)c(Br)c1C. The van der Waals surface area contributed by atoms with Gasteiger partial charge in [-0.3, -0.25) is 0 Å². The zero-order valence-electron chi connectivity index (χ0n) is 8.87. The van der Waals surface area contributed by atoms with E-state index in [0.29, 0.717) is 5.56 Å². The summed E-state index contributed by atoms with van der Waals surface area (Å²) < 4.78 is 5.39. The standard InChI is InChI=1S/C11H13BrO3/c1-6-4-5-8(7(2)9(6)12)10(13)11(14)15-3/h4-5,10,13H,1-3H3. The van der Waals surface area contributed by atoms with Crippen LogP contribution in [0.2, 0.25) is 0 Å². The molecule has 0 aromatic heterocycles. The molecule has 0 spiro atoms. The lowest BCUT2D eigenvalue weighted by atomic mass is 10.0. The molecule has 1 aromatic carbocycles. The van der Waals surface area contributed by atoms with Gasteiger partial charge in [-0.1, -0.05) is 28.1 Å². The van der Waals surface area contributed by atoms with Crippen LogP contribution in [0.25, 0.3) is 0 Å². The number of esters is 1. The highest BCUT2D eigenvalue weighted by molar-refractivity contribution is 9.10. The molecule has 0 aliphatic rings. The Morgan fingerprint density at radius 1 is 1.47 bits per heavy atom. The molecule has 3 nitrogen and oxygen atoms in total. The second kappa shape index (κ2) is 4.77. The maximum Gasteiger partial charge on any atom is 0.339 e. The molecule has 0 bridgehead atoms. The van der Waals surface area contributed by atoms with E-state index in [1.54, 1.807) is 6.07 Å². The van der Waals surface area contributed by atoms with Gasteiger partial charge in [0, 0.05) is 4.47 Å². The fraction of sp³-hybridized carbons (Fsp3) is 0.364. The molecule has 15 heavy (non-hydrogen) atoms. The van der Waals surface area contributed by atoms with E-state index in [1.165, 1.54) is 7.11 Å². The minimum atomic E-state index is -1.22. The first-order valence-corrected chi connectivity index (χ1v) is 5.29. The van der Waals surface area contributed by atoms with E-state index < -0.39 is 12.1 Å². The summed E-state index contributed by atoms with van der Waals surface area (Å²) in [4.78, 5) is 11.2. The molecule has 0 radical (unpaired) electrons. The van der Waals surface area contributed by atoms with Crippen molar-refractivity contribution in [3.05, 3.63) is 33.3 Å². The Balaban J connectivity index is 3.16. The number of rotatable bonds is 2. The van der Waals surface area contributed by atoms with E-state index in [2.05, 4.69) is 20.7 Å². The molecule has 1 atom stereocenters. The Morgan fingerprint density at radius 3 is 2.60 bits per heavy atom. The molecule has 0 heterocycles. The maximum atomic E-state index is 11.2. The van der Waals surface area contributed by atoms with E-state index in [0.717, 1.165) is 15.6 Å². The highest BCUT2D eigenvalue weighted by Gasteiger charge is 2.20. The molecular weight excluding hydrogens is 260 g/mol. The summed E-state index contributed by atoms with van der Waals surface area (Å²) in [6, 6.07) is 3.58. The first-order chi connectivity index (χ1) is 6.99. The van der Waals surface area contributed by atoms with Crippen LogP contribution in [0.15, 0.2) is 16.6 Å². The van der Waals surface area contributed by atoms with Gasteiger partial charge in [0.15, 0.2) is 6.10 Å². The third kappa shape index (κ3) is 2.38. The number of aliphatic hydroxyl groups is 1. The highest BCUT2D eigenvalue weighted by atomic mass is 79.9. The Kier molecular flexibility index (Phi) is 3.88. The van der Waals surface area contributed by atoms with Crippen molar-refractivity contribution in [2.45, 2.75) is 20.0 Å². The monoisotopic (exact) mass is 272 g/mol. The molecule has 0 aliphatic carbocycles. The molecule has 82 valence electrons. The van der Waals surface area contributed by atoms with Crippen LogP contribution < -0.4 is 0 Å². The normalized spacial score (nSPS) is 12.3. The number of methoxy groups -OCH3 is 1. The third-order valence-corrected chi connectivity index (χ3v) is 3.56. The van der Waals surface area contributed by atoms with Gasteiger partial charge in [0.1, 0.15) is 0 Å². The molecule has 0 amide bonds. The predicted octanol–water partition coefficient (Wildman–Crippen LogP) is 2.27. The quantitative estimate of drug-likeness (QED) is 0.841. The summed E-state index contributed by atoms with van der Waals surface area (Å²) in [5, 5.41) is 9.69. The summed E-state index contributed by atoms with van der Waals surface area (Å²) in [6.45, 7) is 3.80. The molecule has 1 N–H and O–H groups in total. The number of aryl methyl sites for hydroxylation is 1. The smallest absolute Gasteiger partial charge is 0.339 e. The molecular formula is C11H13BrO3. The molecule has 0 saturated carbocycles. The zero-order chi connectivity index (χ0) is 11.6. The Labute approximate surface area is 97.2 Å². The Morgan fingerprint density at radius 2 is 2.07 bits per heavy atom. The highest BCUT2D eigenvalue weighted by Crippen LogP contribution is 2.28. The van der Waals surface area contributed by atoms with E-state index in [1.807, 2.05) is 19.9 Å². The zero-order valence-corrected chi connectivity index (χ0v) is 10.5. The summed E-state index contributed by atoms with van der Waals surface area (Å²) in [5.41, 5.74) is 2.49. The van der Waals surface area contributed by atoms with E-state index in [-0.39, 0.29) is 0 Å². The average Bonchev–Trinajstić information content (AvgIpc) is 2.24. The number of halogens is 1. The van der Waals surface area contributed by atoms with Crippen LogP contribution in [0.3, 0.4) is 0 Å². The fourth-order valence-corrected chi connectivity index (χ4v) is 1.73. The van der Waals surface area contributed by atoms with Crippen LogP contribution in [-0.4, -0.2) is 18.2 Å². The van der Waals surface area contributed by atoms with Gasteiger partial charge >= 0.3 is 5.97 Å². The maximum absolute atomic E-state index is 11.2. The third-order valence-electron chi connectivity index (χ3n) is 2.34. The largest absolute Gasteiger partial charge is 0.467 e. The first-order valence-electron chi connectivity index (χ1n) is 4.50. The van der Waals surface area contributed by atoms with Crippen molar-refractivity contribution >= 4 is 21.9 Å². The Hall–Kier alpha value is -0.870. The van der Waals surface area contributed by atoms with Crippen LogP contribution in [-0.2, 0) is 9.53 Å². The minimum absolute atomic E-state index is 0.569. The molecule has 1 rings (SSSR count). The van der Waals surface area contributed by atoms with Gasteiger partial charge in [-0.2, -0.15) is 0 Å². The van der Waals surface area contributed by atoms with E-state index >= 15 is 0 Å². The van der Waals surface area contributed by atoms with Crippen LogP contribution in [0.4, 0.5) is 0 Å². The second-order valence-corrected chi connectivity index (χ2v) is 4.13. The average molecular weight is 273 g/mol. The second-order valence-electron chi connectivity index (χ2n) is 3.34. The number of carbonyl (C=O) groups is 1. The summed E-state index contributed by atoms with van der Waals surface area (Å²) in [5.74, 6) is -0.645. The van der Waals surface area contributed by atoms with Gasteiger partial charge < -0.3 is 9.84 Å². The van der Waals surface area contributed by atoms with Crippen LogP contribution >= 0.6 is 15.9 Å². The molecule has 4 heteroatoms. The summed E-state index contributed by atoms with van der Waals surface area (Å²) >= 11 is 3.41. The molecule has 0 saturated heterocycles.